The van der Waals surface area contributed by atoms with Gasteiger partial charge in [0.05, 0.1) is 20.8 Å². The third kappa shape index (κ3) is 8.36. The number of ether oxygens (including phenoxy) is 4. The first-order valence-electron chi connectivity index (χ1n) is 9.06. The van der Waals surface area contributed by atoms with Crippen molar-refractivity contribution in [3.8, 4) is 17.2 Å². The van der Waals surface area contributed by atoms with E-state index in [1.165, 1.54) is 0 Å². The Labute approximate surface area is 189 Å². The van der Waals surface area contributed by atoms with Crippen LogP contribution in [0.5, 0.6) is 17.2 Å². The highest BCUT2D eigenvalue weighted by Crippen LogP contribution is 2.24. The maximum atomic E-state index is 5.57. The van der Waals surface area contributed by atoms with Crippen LogP contribution >= 0.6 is 24.0 Å². The van der Waals surface area contributed by atoms with Crippen molar-refractivity contribution in [2.45, 2.75) is 13.1 Å². The Hall–Kier alpha value is -2.20. The van der Waals surface area contributed by atoms with Gasteiger partial charge >= 0.3 is 0 Å². The van der Waals surface area contributed by atoms with E-state index in [1.807, 2.05) is 42.5 Å². The number of nitrogens with zero attached hydrogens (tertiary/aromatic N) is 1. The molecule has 0 atom stereocenters. The highest BCUT2D eigenvalue weighted by Gasteiger charge is 2.06. The average molecular weight is 515 g/mol. The monoisotopic (exact) mass is 515 g/mol. The van der Waals surface area contributed by atoms with Crippen molar-refractivity contribution in [1.29, 1.82) is 0 Å². The molecule has 0 aromatic heterocycles. The molecule has 2 aromatic carbocycles. The van der Waals surface area contributed by atoms with E-state index in [0.717, 1.165) is 28.4 Å². The number of methoxy groups -OCH3 is 3. The maximum Gasteiger partial charge on any atom is 0.191 e. The van der Waals surface area contributed by atoms with Crippen LogP contribution in [0, 0.1) is 0 Å². The summed E-state index contributed by atoms with van der Waals surface area (Å²) in [6.07, 6.45) is 0. The van der Waals surface area contributed by atoms with Crippen molar-refractivity contribution < 1.29 is 18.9 Å². The van der Waals surface area contributed by atoms with E-state index >= 15 is 0 Å². The molecule has 2 rings (SSSR count). The van der Waals surface area contributed by atoms with Gasteiger partial charge < -0.3 is 29.6 Å². The van der Waals surface area contributed by atoms with E-state index in [1.54, 1.807) is 28.4 Å². The van der Waals surface area contributed by atoms with Crippen molar-refractivity contribution in [2.75, 3.05) is 41.6 Å². The van der Waals surface area contributed by atoms with Gasteiger partial charge in [-0.05, 0) is 29.8 Å². The van der Waals surface area contributed by atoms with E-state index in [-0.39, 0.29) is 24.0 Å². The van der Waals surface area contributed by atoms with Gasteiger partial charge in [0.2, 0.25) is 0 Å². The summed E-state index contributed by atoms with van der Waals surface area (Å²) < 4.78 is 21.2. The van der Waals surface area contributed by atoms with Gasteiger partial charge in [-0.3, -0.25) is 4.99 Å². The van der Waals surface area contributed by atoms with Gasteiger partial charge in [0.25, 0.3) is 0 Å². The lowest BCUT2D eigenvalue weighted by Crippen LogP contribution is -2.36. The fourth-order valence-corrected chi connectivity index (χ4v) is 2.53. The van der Waals surface area contributed by atoms with Crippen LogP contribution in [0.4, 0.5) is 0 Å². The van der Waals surface area contributed by atoms with Crippen LogP contribution in [0.2, 0.25) is 0 Å². The molecule has 0 spiro atoms. The molecule has 2 aromatic rings. The third-order valence-corrected chi connectivity index (χ3v) is 4.10. The van der Waals surface area contributed by atoms with Crippen molar-refractivity contribution >= 4 is 29.9 Å². The zero-order chi connectivity index (χ0) is 20.2. The minimum Gasteiger partial charge on any atom is -0.497 e. The molecule has 0 fully saturated rings. The number of hydrogen-bond donors (Lipinski definition) is 2. The lowest BCUT2D eigenvalue weighted by atomic mass is 10.2. The lowest BCUT2D eigenvalue weighted by molar-refractivity contribution is 0.146. The second kappa shape index (κ2) is 13.9. The van der Waals surface area contributed by atoms with Crippen LogP contribution in [0.15, 0.2) is 47.5 Å². The van der Waals surface area contributed by atoms with Crippen LogP contribution in [0.25, 0.3) is 0 Å². The second-order valence-electron chi connectivity index (χ2n) is 5.94. The maximum absolute atomic E-state index is 5.57. The average Bonchev–Trinajstić information content (AvgIpc) is 2.75. The number of nitrogens with one attached hydrogen (secondary N) is 2. The van der Waals surface area contributed by atoms with E-state index in [2.05, 4.69) is 15.6 Å². The Morgan fingerprint density at radius 3 is 2.17 bits per heavy atom. The van der Waals surface area contributed by atoms with Crippen LogP contribution in [-0.2, 0) is 17.8 Å². The predicted molar refractivity (Wildman–Crippen MR) is 126 cm³/mol. The summed E-state index contributed by atoms with van der Waals surface area (Å²) in [5.41, 5.74) is 2.15. The molecular formula is C21H30IN3O4. The molecule has 0 aliphatic rings. The molecule has 0 unspecified atom stereocenters. The molecule has 0 radical (unpaired) electrons. The number of halogens is 1. The summed E-state index contributed by atoms with van der Waals surface area (Å²) in [5.74, 6) is 3.07. The minimum atomic E-state index is 0. The predicted octanol–water partition coefficient (Wildman–Crippen LogP) is 3.21. The minimum absolute atomic E-state index is 0. The number of aliphatic imine (C=N–C) groups is 1. The van der Waals surface area contributed by atoms with E-state index in [9.17, 15) is 0 Å². The number of hydrogen-bond acceptors (Lipinski definition) is 5. The molecule has 0 amide bonds. The second-order valence-corrected chi connectivity index (χ2v) is 5.94. The lowest BCUT2D eigenvalue weighted by Gasteiger charge is -2.14. The van der Waals surface area contributed by atoms with Gasteiger partial charge in [0, 0.05) is 38.9 Å². The zero-order valence-electron chi connectivity index (χ0n) is 17.4. The molecule has 0 heterocycles. The van der Waals surface area contributed by atoms with Crippen LogP contribution < -0.4 is 24.8 Å². The fourth-order valence-electron chi connectivity index (χ4n) is 2.53. The Balaban J connectivity index is 0.00000420. The first-order valence-corrected chi connectivity index (χ1v) is 9.06. The van der Waals surface area contributed by atoms with E-state index in [4.69, 9.17) is 18.9 Å². The van der Waals surface area contributed by atoms with Gasteiger partial charge in [0.1, 0.15) is 23.9 Å². The molecule has 2 N–H and O–H groups in total. The number of rotatable bonds is 10. The molecule has 0 aliphatic heterocycles. The quantitative estimate of drug-likeness (QED) is 0.219. The molecule has 29 heavy (non-hydrogen) atoms. The SMILES string of the molecule is CN=C(NCc1ccc(OCCOC)cc1)NCc1ccc(OC)cc1OC.I. The van der Waals surface area contributed by atoms with Crippen molar-refractivity contribution in [1.82, 2.24) is 10.6 Å². The first-order chi connectivity index (χ1) is 13.7. The largest absolute Gasteiger partial charge is 0.497 e. The summed E-state index contributed by atoms with van der Waals surface area (Å²) in [6.45, 7) is 2.35. The molecule has 0 bridgehead atoms. The standard InChI is InChI=1S/C21H29N3O4.HI/c1-22-21(24-15-17-7-10-19(26-3)13-20(17)27-4)23-14-16-5-8-18(9-6-16)28-12-11-25-2;/h5-10,13H,11-12,14-15H2,1-4H3,(H2,22,23,24);1H. The third-order valence-electron chi connectivity index (χ3n) is 4.10. The number of guanidine groups is 1. The summed E-state index contributed by atoms with van der Waals surface area (Å²) in [7, 11) is 6.68. The molecule has 0 saturated heterocycles. The molecule has 8 heteroatoms. The van der Waals surface area contributed by atoms with Gasteiger partial charge in [-0.1, -0.05) is 12.1 Å². The topological polar surface area (TPSA) is 73.3 Å². The smallest absolute Gasteiger partial charge is 0.191 e. The van der Waals surface area contributed by atoms with Gasteiger partial charge in [-0.2, -0.15) is 0 Å². The normalized spacial score (nSPS) is 10.7. The van der Waals surface area contributed by atoms with Crippen molar-refractivity contribution in [3.63, 3.8) is 0 Å². The summed E-state index contributed by atoms with van der Waals surface area (Å²) in [5, 5.41) is 6.59. The van der Waals surface area contributed by atoms with Crippen molar-refractivity contribution in [2.24, 2.45) is 4.99 Å². The first kappa shape index (κ1) is 24.8. The van der Waals surface area contributed by atoms with Crippen molar-refractivity contribution in [3.05, 3.63) is 53.6 Å². The van der Waals surface area contributed by atoms with E-state index in [0.29, 0.717) is 32.3 Å². The van der Waals surface area contributed by atoms with Gasteiger partial charge in [-0.15, -0.1) is 24.0 Å². The fraction of sp³-hybridized carbons (Fsp3) is 0.381. The molecule has 7 nitrogen and oxygen atoms in total. The number of benzene rings is 2. The molecule has 0 saturated carbocycles. The molecule has 0 aliphatic carbocycles. The zero-order valence-corrected chi connectivity index (χ0v) is 19.7. The Bertz CT molecular complexity index is 754. The Kier molecular flexibility index (Phi) is 11.9. The molecular weight excluding hydrogens is 485 g/mol. The van der Waals surface area contributed by atoms with Crippen LogP contribution in [-0.4, -0.2) is 47.6 Å². The van der Waals surface area contributed by atoms with Crippen LogP contribution in [0.3, 0.4) is 0 Å². The summed E-state index contributed by atoms with van der Waals surface area (Å²) in [4.78, 5) is 4.27. The van der Waals surface area contributed by atoms with Gasteiger partial charge in [0.15, 0.2) is 5.96 Å². The highest BCUT2D eigenvalue weighted by molar-refractivity contribution is 14.0. The Morgan fingerprint density at radius 2 is 1.55 bits per heavy atom. The van der Waals surface area contributed by atoms with Gasteiger partial charge in [-0.25, -0.2) is 0 Å². The highest BCUT2D eigenvalue weighted by atomic mass is 127. The molecule has 160 valence electrons. The summed E-state index contributed by atoms with van der Waals surface area (Å²) in [6, 6.07) is 13.7. The van der Waals surface area contributed by atoms with Crippen LogP contribution in [0.1, 0.15) is 11.1 Å². The van der Waals surface area contributed by atoms with E-state index < -0.39 is 0 Å². The Morgan fingerprint density at radius 1 is 0.862 bits per heavy atom. The summed E-state index contributed by atoms with van der Waals surface area (Å²) >= 11 is 0.